The molecular formula is C14H14S. The van der Waals surface area contributed by atoms with E-state index in [-0.39, 0.29) is 0 Å². The average molecular weight is 214 g/mol. The molecule has 0 aliphatic heterocycles. The van der Waals surface area contributed by atoms with E-state index in [1.165, 1.54) is 21.6 Å². The third kappa shape index (κ3) is 2.02. The monoisotopic (exact) mass is 214 g/mol. The molecule has 0 radical (unpaired) electrons. The first kappa shape index (κ1) is 10.2. The van der Waals surface area contributed by atoms with Crippen molar-refractivity contribution in [2.75, 3.05) is 0 Å². The van der Waals surface area contributed by atoms with Crippen molar-refractivity contribution in [3.8, 4) is 10.4 Å². The van der Waals surface area contributed by atoms with Gasteiger partial charge < -0.3 is 0 Å². The van der Waals surface area contributed by atoms with Crippen LogP contribution in [-0.2, 0) is 0 Å². The number of allylic oxidation sites excluding steroid dienone is 1. The predicted octanol–water partition coefficient (Wildman–Crippen LogP) is 4.76. The summed E-state index contributed by atoms with van der Waals surface area (Å²) in [4.78, 5) is 1.33. The van der Waals surface area contributed by atoms with E-state index < -0.39 is 0 Å². The minimum atomic E-state index is 1.12. The van der Waals surface area contributed by atoms with Crippen LogP contribution in [0.5, 0.6) is 0 Å². The van der Waals surface area contributed by atoms with E-state index in [1.54, 1.807) is 11.3 Å². The quantitative estimate of drug-likeness (QED) is 0.676. The van der Waals surface area contributed by atoms with Crippen LogP contribution in [0.3, 0.4) is 0 Å². The van der Waals surface area contributed by atoms with Crippen molar-refractivity contribution in [1.82, 2.24) is 0 Å². The van der Waals surface area contributed by atoms with Crippen LogP contribution in [0.2, 0.25) is 0 Å². The van der Waals surface area contributed by atoms with Crippen LogP contribution < -0.4 is 0 Å². The normalized spacial score (nSPS) is 10.3. The second-order valence-corrected chi connectivity index (χ2v) is 4.73. The van der Waals surface area contributed by atoms with Gasteiger partial charge in [-0.25, -0.2) is 0 Å². The molecular weight excluding hydrogens is 200 g/mol. The van der Waals surface area contributed by atoms with Gasteiger partial charge in [-0.15, -0.1) is 11.3 Å². The number of hydrogen-bond acceptors (Lipinski definition) is 1. The van der Waals surface area contributed by atoms with Gasteiger partial charge in [0.1, 0.15) is 0 Å². The Labute approximate surface area is 94.9 Å². The van der Waals surface area contributed by atoms with Crippen molar-refractivity contribution in [2.45, 2.75) is 13.8 Å². The van der Waals surface area contributed by atoms with E-state index in [0.717, 1.165) is 5.57 Å². The number of rotatable bonds is 2. The Bertz CT molecular complexity index is 492. The van der Waals surface area contributed by atoms with Crippen LogP contribution in [0.1, 0.15) is 18.1 Å². The lowest BCUT2D eigenvalue weighted by molar-refractivity contribution is 1.54. The van der Waals surface area contributed by atoms with Crippen molar-refractivity contribution in [3.63, 3.8) is 0 Å². The maximum Gasteiger partial charge on any atom is 0.0351 e. The van der Waals surface area contributed by atoms with Gasteiger partial charge in [-0.1, -0.05) is 36.4 Å². The summed E-state index contributed by atoms with van der Waals surface area (Å²) in [6, 6.07) is 10.7. The molecule has 0 bridgehead atoms. The van der Waals surface area contributed by atoms with Crippen LogP contribution in [0.4, 0.5) is 0 Å². The average Bonchev–Trinajstić information content (AvgIpc) is 2.65. The summed E-state index contributed by atoms with van der Waals surface area (Å²) in [6.07, 6.45) is 0. The highest BCUT2D eigenvalue weighted by Crippen LogP contribution is 2.32. The largest absolute Gasteiger partial charge is 0.144 e. The molecule has 0 aliphatic carbocycles. The lowest BCUT2D eigenvalue weighted by atomic mass is 10.0. The fourth-order valence-corrected chi connectivity index (χ4v) is 2.58. The van der Waals surface area contributed by atoms with Gasteiger partial charge in [-0.2, -0.15) is 0 Å². The van der Waals surface area contributed by atoms with Crippen molar-refractivity contribution in [1.29, 1.82) is 0 Å². The summed E-state index contributed by atoms with van der Waals surface area (Å²) in [5.74, 6) is 0. The first-order chi connectivity index (χ1) is 7.18. The van der Waals surface area contributed by atoms with Gasteiger partial charge in [0.2, 0.25) is 0 Å². The predicted molar refractivity (Wildman–Crippen MR) is 69.2 cm³/mol. The van der Waals surface area contributed by atoms with Crippen LogP contribution in [-0.4, -0.2) is 0 Å². The lowest BCUT2D eigenvalue weighted by Crippen LogP contribution is -1.82. The topological polar surface area (TPSA) is 0 Å². The second kappa shape index (κ2) is 4.03. The van der Waals surface area contributed by atoms with Gasteiger partial charge in [-0.3, -0.25) is 0 Å². The van der Waals surface area contributed by atoms with Crippen LogP contribution in [0, 0.1) is 6.92 Å². The SMILES string of the molecule is C=C(C)c1ccccc1-c1cc(C)cs1. The second-order valence-electron chi connectivity index (χ2n) is 3.81. The first-order valence-corrected chi connectivity index (χ1v) is 5.87. The number of hydrogen-bond donors (Lipinski definition) is 0. The maximum absolute atomic E-state index is 4.02. The highest BCUT2D eigenvalue weighted by molar-refractivity contribution is 7.13. The molecule has 0 nitrogen and oxygen atoms in total. The van der Waals surface area contributed by atoms with Crippen molar-refractivity contribution < 1.29 is 0 Å². The van der Waals surface area contributed by atoms with Gasteiger partial charge in [0.25, 0.3) is 0 Å². The zero-order valence-corrected chi connectivity index (χ0v) is 9.90. The molecule has 76 valence electrons. The number of benzene rings is 1. The molecule has 1 heteroatoms. The van der Waals surface area contributed by atoms with Gasteiger partial charge in [0, 0.05) is 4.88 Å². The molecule has 2 aromatic rings. The molecule has 1 heterocycles. The third-order valence-corrected chi connectivity index (χ3v) is 3.46. The van der Waals surface area contributed by atoms with E-state index in [4.69, 9.17) is 0 Å². The fraction of sp³-hybridized carbons (Fsp3) is 0.143. The highest BCUT2D eigenvalue weighted by Gasteiger charge is 2.06. The zero-order valence-electron chi connectivity index (χ0n) is 9.08. The Kier molecular flexibility index (Phi) is 2.74. The summed E-state index contributed by atoms with van der Waals surface area (Å²) < 4.78 is 0. The molecule has 0 N–H and O–H groups in total. The summed E-state index contributed by atoms with van der Waals surface area (Å²) in [6.45, 7) is 8.21. The minimum absolute atomic E-state index is 1.12. The van der Waals surface area contributed by atoms with Gasteiger partial charge >= 0.3 is 0 Å². The highest BCUT2D eigenvalue weighted by atomic mass is 32.1. The summed E-state index contributed by atoms with van der Waals surface area (Å²) in [7, 11) is 0. The summed E-state index contributed by atoms with van der Waals surface area (Å²) in [5, 5.41) is 2.19. The molecule has 1 aromatic heterocycles. The molecule has 0 saturated carbocycles. The molecule has 0 unspecified atom stereocenters. The molecule has 0 aliphatic rings. The van der Waals surface area contributed by atoms with Crippen LogP contribution in [0.15, 0.2) is 42.3 Å². The minimum Gasteiger partial charge on any atom is -0.144 e. The Morgan fingerprint density at radius 2 is 2.00 bits per heavy atom. The zero-order chi connectivity index (χ0) is 10.8. The molecule has 0 atom stereocenters. The lowest BCUT2D eigenvalue weighted by Gasteiger charge is -2.06. The van der Waals surface area contributed by atoms with Crippen molar-refractivity contribution in [3.05, 3.63) is 53.4 Å². The van der Waals surface area contributed by atoms with Gasteiger partial charge in [-0.05, 0) is 42.0 Å². The van der Waals surface area contributed by atoms with E-state index in [1.807, 2.05) is 0 Å². The summed E-state index contributed by atoms with van der Waals surface area (Å²) >= 11 is 1.79. The van der Waals surface area contributed by atoms with Gasteiger partial charge in [0.15, 0.2) is 0 Å². The standard InChI is InChI=1S/C14H14S/c1-10(2)12-6-4-5-7-13(12)14-8-11(3)9-15-14/h4-9H,1H2,2-3H3. The molecule has 0 fully saturated rings. The molecule has 0 amide bonds. The molecule has 0 spiro atoms. The Morgan fingerprint density at radius 1 is 1.27 bits per heavy atom. The van der Waals surface area contributed by atoms with E-state index >= 15 is 0 Å². The van der Waals surface area contributed by atoms with Crippen molar-refractivity contribution >= 4 is 16.9 Å². The molecule has 2 rings (SSSR count). The third-order valence-electron chi connectivity index (χ3n) is 2.38. The number of aryl methyl sites for hydroxylation is 1. The Morgan fingerprint density at radius 3 is 2.60 bits per heavy atom. The van der Waals surface area contributed by atoms with Crippen LogP contribution >= 0.6 is 11.3 Å². The fourth-order valence-electron chi connectivity index (χ4n) is 1.64. The molecule has 1 aromatic carbocycles. The van der Waals surface area contributed by atoms with Crippen molar-refractivity contribution in [2.24, 2.45) is 0 Å². The van der Waals surface area contributed by atoms with Gasteiger partial charge in [0.05, 0.1) is 0 Å². The Balaban J connectivity index is 2.57. The molecule has 15 heavy (non-hydrogen) atoms. The van der Waals surface area contributed by atoms with E-state index in [2.05, 4.69) is 56.1 Å². The molecule has 0 saturated heterocycles. The van der Waals surface area contributed by atoms with E-state index in [0.29, 0.717) is 0 Å². The Hall–Kier alpha value is -1.34. The maximum atomic E-state index is 4.02. The van der Waals surface area contributed by atoms with Crippen LogP contribution in [0.25, 0.3) is 16.0 Å². The first-order valence-electron chi connectivity index (χ1n) is 4.99. The summed E-state index contributed by atoms with van der Waals surface area (Å²) in [5.41, 5.74) is 4.99. The van der Waals surface area contributed by atoms with E-state index in [9.17, 15) is 0 Å². The number of thiophene rings is 1. The smallest absolute Gasteiger partial charge is 0.0351 e.